The fourth-order valence-electron chi connectivity index (χ4n) is 1.64. The number of hydrogen-bond donors (Lipinski definition) is 1. The van der Waals surface area contributed by atoms with E-state index < -0.39 is 0 Å². The number of pyridine rings is 1. The van der Waals surface area contributed by atoms with Gasteiger partial charge in [-0.1, -0.05) is 19.1 Å². The molecule has 0 saturated carbocycles. The second kappa shape index (κ2) is 5.73. The zero-order valence-corrected chi connectivity index (χ0v) is 11.3. The predicted molar refractivity (Wildman–Crippen MR) is 73.2 cm³/mol. The van der Waals surface area contributed by atoms with Crippen LogP contribution in [-0.2, 0) is 6.42 Å². The quantitative estimate of drug-likeness (QED) is 0.859. The summed E-state index contributed by atoms with van der Waals surface area (Å²) in [5, 5.41) is 0. The Bertz CT molecular complexity index is 595. The minimum Gasteiger partial charge on any atom is -0.492 e. The van der Waals surface area contributed by atoms with E-state index in [9.17, 15) is 0 Å². The Morgan fingerprint density at radius 1 is 1.28 bits per heavy atom. The average molecular weight is 261 g/mol. The summed E-state index contributed by atoms with van der Waals surface area (Å²) in [4.78, 5) is 11.7. The number of ether oxygens (including phenoxy) is 1. The molecule has 0 aliphatic rings. The van der Waals surface area contributed by atoms with Crippen LogP contribution in [0.25, 0.3) is 11.3 Å². The molecule has 0 fully saturated rings. The lowest BCUT2D eigenvalue weighted by Crippen LogP contribution is -1.97. The second-order valence-corrected chi connectivity index (χ2v) is 4.19. The third-order valence-corrected chi connectivity index (χ3v) is 2.67. The van der Waals surface area contributed by atoms with Crippen molar-refractivity contribution in [2.45, 2.75) is 20.3 Å². The van der Waals surface area contributed by atoms with Crippen LogP contribution in [0.4, 0.5) is 0 Å². The molecule has 5 heteroatoms. The normalized spacial score (nSPS) is 10.3. The van der Waals surface area contributed by atoms with Crippen molar-refractivity contribution in [3.63, 3.8) is 0 Å². The highest BCUT2D eigenvalue weighted by molar-refractivity contribution is 7.71. The maximum absolute atomic E-state index is 5.44. The van der Waals surface area contributed by atoms with Gasteiger partial charge in [-0.25, -0.2) is 4.98 Å². The van der Waals surface area contributed by atoms with Gasteiger partial charge in [-0.2, -0.15) is 0 Å². The van der Waals surface area contributed by atoms with Gasteiger partial charge in [0, 0.05) is 18.2 Å². The number of aryl methyl sites for hydroxylation is 1. The van der Waals surface area contributed by atoms with E-state index in [0.717, 1.165) is 29.3 Å². The summed E-state index contributed by atoms with van der Waals surface area (Å²) in [5.41, 5.74) is 1.87. The number of aromatic nitrogens is 3. The van der Waals surface area contributed by atoms with Crippen LogP contribution in [0.5, 0.6) is 5.75 Å². The first kappa shape index (κ1) is 12.7. The number of rotatable bonds is 4. The molecule has 0 aliphatic carbocycles. The smallest absolute Gasteiger partial charge is 0.138 e. The first-order chi connectivity index (χ1) is 8.72. The maximum atomic E-state index is 5.44. The standard InChI is InChI=1S/C13H15N3OS/c1-3-12-15-11(6-13(18)16-12)9-5-10(17-4-2)8-14-7-9/h5-8H,3-4H2,1-2H3,(H,15,16,18). The molecule has 0 aliphatic heterocycles. The monoisotopic (exact) mass is 261 g/mol. The average Bonchev–Trinajstić information content (AvgIpc) is 2.39. The molecule has 0 atom stereocenters. The molecule has 0 bridgehead atoms. The number of aromatic amines is 1. The molecule has 2 aromatic heterocycles. The van der Waals surface area contributed by atoms with Crippen molar-refractivity contribution in [1.82, 2.24) is 15.0 Å². The summed E-state index contributed by atoms with van der Waals surface area (Å²) in [5.74, 6) is 1.63. The Kier molecular flexibility index (Phi) is 4.04. The van der Waals surface area contributed by atoms with E-state index in [4.69, 9.17) is 17.0 Å². The minimum atomic E-state index is 0.586. The summed E-state index contributed by atoms with van der Waals surface area (Å²) in [6.07, 6.45) is 4.29. The Labute approximate surface area is 111 Å². The molecule has 0 spiro atoms. The molecule has 0 radical (unpaired) electrons. The van der Waals surface area contributed by atoms with Gasteiger partial charge in [0.1, 0.15) is 16.2 Å². The highest BCUT2D eigenvalue weighted by Gasteiger charge is 2.03. The molecule has 4 nitrogen and oxygen atoms in total. The topological polar surface area (TPSA) is 50.8 Å². The van der Waals surface area contributed by atoms with Crippen molar-refractivity contribution in [1.29, 1.82) is 0 Å². The first-order valence-corrected chi connectivity index (χ1v) is 6.32. The molecule has 0 saturated heterocycles. The summed E-state index contributed by atoms with van der Waals surface area (Å²) >= 11 is 5.15. The van der Waals surface area contributed by atoms with Gasteiger partial charge >= 0.3 is 0 Å². The van der Waals surface area contributed by atoms with Crippen LogP contribution in [0.15, 0.2) is 24.5 Å². The molecule has 94 valence electrons. The molecule has 0 amide bonds. The van der Waals surface area contributed by atoms with Gasteiger partial charge in [0.25, 0.3) is 0 Å². The van der Waals surface area contributed by atoms with Crippen LogP contribution >= 0.6 is 12.2 Å². The van der Waals surface area contributed by atoms with Crippen LogP contribution in [0.2, 0.25) is 0 Å². The van der Waals surface area contributed by atoms with Crippen molar-refractivity contribution in [3.05, 3.63) is 35.0 Å². The summed E-state index contributed by atoms with van der Waals surface area (Å²) < 4.78 is 6.02. The van der Waals surface area contributed by atoms with Gasteiger partial charge in [0.2, 0.25) is 0 Å². The van der Waals surface area contributed by atoms with Gasteiger partial charge in [-0.15, -0.1) is 0 Å². The fraction of sp³-hybridized carbons (Fsp3) is 0.308. The van der Waals surface area contributed by atoms with Crippen molar-refractivity contribution in [3.8, 4) is 17.0 Å². The van der Waals surface area contributed by atoms with Gasteiger partial charge in [-0.3, -0.25) is 4.98 Å². The lowest BCUT2D eigenvalue weighted by molar-refractivity contribution is 0.339. The van der Waals surface area contributed by atoms with E-state index >= 15 is 0 Å². The third-order valence-electron chi connectivity index (χ3n) is 2.46. The second-order valence-electron chi connectivity index (χ2n) is 3.78. The van der Waals surface area contributed by atoms with Crippen molar-refractivity contribution < 1.29 is 4.74 Å². The summed E-state index contributed by atoms with van der Waals surface area (Å²) in [6.45, 7) is 4.60. The fourth-order valence-corrected chi connectivity index (χ4v) is 1.87. The molecule has 18 heavy (non-hydrogen) atoms. The Morgan fingerprint density at radius 2 is 2.11 bits per heavy atom. The highest BCUT2D eigenvalue weighted by atomic mass is 32.1. The molecule has 1 N–H and O–H groups in total. The van der Waals surface area contributed by atoms with Gasteiger partial charge in [0.05, 0.1) is 18.5 Å². The highest BCUT2D eigenvalue weighted by Crippen LogP contribution is 2.21. The van der Waals surface area contributed by atoms with Crippen LogP contribution in [0, 0.1) is 4.64 Å². The van der Waals surface area contributed by atoms with E-state index in [1.807, 2.05) is 26.0 Å². The zero-order valence-electron chi connectivity index (χ0n) is 10.4. The molecule has 0 aromatic carbocycles. The van der Waals surface area contributed by atoms with Gasteiger partial charge < -0.3 is 9.72 Å². The number of H-pyrrole nitrogens is 1. The largest absolute Gasteiger partial charge is 0.492 e. The van der Waals surface area contributed by atoms with E-state index in [-0.39, 0.29) is 0 Å². The van der Waals surface area contributed by atoms with Crippen LogP contribution in [0.3, 0.4) is 0 Å². The van der Waals surface area contributed by atoms with Crippen molar-refractivity contribution in [2.24, 2.45) is 0 Å². The lowest BCUT2D eigenvalue weighted by Gasteiger charge is -2.07. The minimum absolute atomic E-state index is 0.586. The van der Waals surface area contributed by atoms with Gasteiger partial charge in [-0.05, 0) is 19.1 Å². The van der Waals surface area contributed by atoms with E-state index in [1.165, 1.54) is 0 Å². The van der Waals surface area contributed by atoms with Crippen LogP contribution in [0.1, 0.15) is 19.7 Å². The summed E-state index contributed by atoms with van der Waals surface area (Å²) in [6, 6.07) is 3.78. The van der Waals surface area contributed by atoms with E-state index in [2.05, 4.69) is 15.0 Å². The summed E-state index contributed by atoms with van der Waals surface area (Å²) in [7, 11) is 0. The Morgan fingerprint density at radius 3 is 2.83 bits per heavy atom. The van der Waals surface area contributed by atoms with E-state index in [1.54, 1.807) is 12.4 Å². The number of hydrogen-bond acceptors (Lipinski definition) is 4. The molecule has 0 unspecified atom stereocenters. The van der Waals surface area contributed by atoms with Crippen molar-refractivity contribution >= 4 is 12.2 Å². The lowest BCUT2D eigenvalue weighted by atomic mass is 10.2. The van der Waals surface area contributed by atoms with Crippen molar-refractivity contribution in [2.75, 3.05) is 6.61 Å². The molecular weight excluding hydrogens is 246 g/mol. The zero-order chi connectivity index (χ0) is 13.0. The molecule has 2 rings (SSSR count). The number of nitrogens with one attached hydrogen (secondary N) is 1. The van der Waals surface area contributed by atoms with Crippen LogP contribution in [-0.4, -0.2) is 21.6 Å². The molecular formula is C13H15N3OS. The Balaban J connectivity index is 2.44. The Hall–Kier alpha value is -1.75. The van der Waals surface area contributed by atoms with E-state index in [0.29, 0.717) is 11.2 Å². The SMILES string of the molecule is CCOc1cncc(-c2cc(=S)nc(CC)[nH]2)c1. The maximum Gasteiger partial charge on any atom is 0.138 e. The third kappa shape index (κ3) is 2.92. The molecule has 2 heterocycles. The number of nitrogens with zero attached hydrogens (tertiary/aromatic N) is 2. The molecule has 2 aromatic rings. The van der Waals surface area contributed by atoms with Crippen LogP contribution < -0.4 is 4.74 Å². The predicted octanol–water partition coefficient (Wildman–Crippen LogP) is 3.16. The first-order valence-electron chi connectivity index (χ1n) is 5.91. The van der Waals surface area contributed by atoms with Gasteiger partial charge in [0.15, 0.2) is 0 Å².